The molecule has 0 aliphatic heterocycles. The SMILES string of the molecule is CCOC(=O)C(C)(C#N)Cc1cccc(C)n1. The van der Waals surface area contributed by atoms with Gasteiger partial charge >= 0.3 is 5.97 Å². The Morgan fingerprint density at radius 2 is 2.29 bits per heavy atom. The van der Waals surface area contributed by atoms with Crippen LogP contribution in [0.1, 0.15) is 25.2 Å². The van der Waals surface area contributed by atoms with E-state index in [1.54, 1.807) is 13.8 Å². The minimum Gasteiger partial charge on any atom is -0.465 e. The number of hydrogen-bond donors (Lipinski definition) is 0. The molecule has 0 aromatic carbocycles. The summed E-state index contributed by atoms with van der Waals surface area (Å²) in [4.78, 5) is 16.0. The molecule has 1 heterocycles. The number of carbonyl (C=O) groups excluding carboxylic acids is 1. The van der Waals surface area contributed by atoms with Gasteiger partial charge < -0.3 is 4.74 Å². The quantitative estimate of drug-likeness (QED) is 0.745. The summed E-state index contributed by atoms with van der Waals surface area (Å²) in [6.07, 6.45) is 0.268. The summed E-state index contributed by atoms with van der Waals surface area (Å²) in [5.41, 5.74) is 0.422. The predicted molar refractivity (Wildman–Crippen MR) is 63.0 cm³/mol. The zero-order valence-corrected chi connectivity index (χ0v) is 10.4. The van der Waals surface area contributed by atoms with Crippen molar-refractivity contribution in [3.05, 3.63) is 29.6 Å². The molecule has 0 bridgehead atoms. The van der Waals surface area contributed by atoms with Crippen LogP contribution in [0.2, 0.25) is 0 Å². The van der Waals surface area contributed by atoms with Crippen molar-refractivity contribution < 1.29 is 9.53 Å². The van der Waals surface area contributed by atoms with Gasteiger partial charge in [0.1, 0.15) is 0 Å². The topological polar surface area (TPSA) is 63.0 Å². The molecule has 0 fully saturated rings. The van der Waals surface area contributed by atoms with Crippen LogP contribution in [0.5, 0.6) is 0 Å². The lowest BCUT2D eigenvalue weighted by atomic mass is 9.87. The van der Waals surface area contributed by atoms with Gasteiger partial charge in [-0.2, -0.15) is 5.26 Å². The Bertz CT molecular complexity index is 451. The molecule has 1 aromatic rings. The first-order valence-electron chi connectivity index (χ1n) is 5.53. The highest BCUT2D eigenvalue weighted by atomic mass is 16.5. The van der Waals surface area contributed by atoms with Crippen molar-refractivity contribution in [2.75, 3.05) is 6.61 Å². The molecule has 4 heteroatoms. The van der Waals surface area contributed by atoms with Gasteiger partial charge in [-0.25, -0.2) is 0 Å². The van der Waals surface area contributed by atoms with Crippen LogP contribution >= 0.6 is 0 Å². The highest BCUT2D eigenvalue weighted by Crippen LogP contribution is 2.22. The van der Waals surface area contributed by atoms with Gasteiger partial charge in [-0.1, -0.05) is 6.07 Å². The third-order valence-corrected chi connectivity index (χ3v) is 2.45. The van der Waals surface area contributed by atoms with E-state index < -0.39 is 11.4 Å². The van der Waals surface area contributed by atoms with Gasteiger partial charge in [0.2, 0.25) is 0 Å². The fourth-order valence-electron chi connectivity index (χ4n) is 1.51. The molecule has 90 valence electrons. The zero-order valence-electron chi connectivity index (χ0n) is 10.4. The van der Waals surface area contributed by atoms with Crippen molar-refractivity contribution in [3.8, 4) is 6.07 Å². The van der Waals surface area contributed by atoms with Gasteiger partial charge in [0.05, 0.1) is 12.7 Å². The number of esters is 1. The number of rotatable bonds is 4. The molecule has 1 unspecified atom stereocenters. The van der Waals surface area contributed by atoms with Crippen LogP contribution in [-0.2, 0) is 16.0 Å². The van der Waals surface area contributed by atoms with Gasteiger partial charge in [0.25, 0.3) is 0 Å². The van der Waals surface area contributed by atoms with Gasteiger partial charge in [0, 0.05) is 17.8 Å². The Morgan fingerprint density at radius 1 is 1.59 bits per heavy atom. The van der Waals surface area contributed by atoms with Gasteiger partial charge in [0.15, 0.2) is 5.41 Å². The van der Waals surface area contributed by atoms with Crippen molar-refractivity contribution in [1.82, 2.24) is 4.98 Å². The first-order chi connectivity index (χ1) is 8.01. The summed E-state index contributed by atoms with van der Waals surface area (Å²) >= 11 is 0. The standard InChI is InChI=1S/C13H16N2O2/c1-4-17-12(16)13(3,9-14)8-11-7-5-6-10(2)15-11/h5-7H,4,8H2,1-3H3. The van der Waals surface area contributed by atoms with Gasteiger partial charge in [-0.15, -0.1) is 0 Å². The molecular weight excluding hydrogens is 216 g/mol. The number of nitriles is 1. The van der Waals surface area contributed by atoms with E-state index >= 15 is 0 Å². The fraction of sp³-hybridized carbons (Fsp3) is 0.462. The van der Waals surface area contributed by atoms with Crippen molar-refractivity contribution in [2.45, 2.75) is 27.2 Å². The zero-order chi connectivity index (χ0) is 12.9. The van der Waals surface area contributed by atoms with Crippen molar-refractivity contribution in [2.24, 2.45) is 5.41 Å². The molecule has 0 aliphatic carbocycles. The first kappa shape index (κ1) is 13.2. The van der Waals surface area contributed by atoms with Crippen LogP contribution in [0.3, 0.4) is 0 Å². The molecule has 0 spiro atoms. The second kappa shape index (κ2) is 5.44. The van der Waals surface area contributed by atoms with Crippen LogP contribution in [0, 0.1) is 23.7 Å². The second-order valence-corrected chi connectivity index (χ2v) is 4.11. The Morgan fingerprint density at radius 3 is 2.82 bits per heavy atom. The first-order valence-corrected chi connectivity index (χ1v) is 5.53. The maximum Gasteiger partial charge on any atom is 0.326 e. The lowest BCUT2D eigenvalue weighted by molar-refractivity contribution is -0.151. The Hall–Kier alpha value is -1.89. The Labute approximate surface area is 101 Å². The Kier molecular flexibility index (Phi) is 4.22. The largest absolute Gasteiger partial charge is 0.465 e. The molecule has 1 aromatic heterocycles. The molecule has 0 amide bonds. The smallest absolute Gasteiger partial charge is 0.326 e. The number of aromatic nitrogens is 1. The monoisotopic (exact) mass is 232 g/mol. The number of pyridine rings is 1. The van der Waals surface area contributed by atoms with Crippen LogP contribution < -0.4 is 0 Å². The van der Waals surface area contributed by atoms with Crippen molar-refractivity contribution in [1.29, 1.82) is 5.26 Å². The summed E-state index contributed by atoms with van der Waals surface area (Å²) in [5, 5.41) is 9.13. The molecule has 1 rings (SSSR count). The number of aryl methyl sites for hydroxylation is 1. The van der Waals surface area contributed by atoms with E-state index in [4.69, 9.17) is 10.00 Å². The highest BCUT2D eigenvalue weighted by Gasteiger charge is 2.35. The summed E-state index contributed by atoms with van der Waals surface area (Å²) < 4.78 is 4.91. The highest BCUT2D eigenvalue weighted by molar-refractivity contribution is 5.79. The predicted octanol–water partition coefficient (Wildman–Crippen LogP) is 2.03. The van der Waals surface area contributed by atoms with Crippen molar-refractivity contribution >= 4 is 5.97 Å². The number of carbonyl (C=O) groups is 1. The molecule has 1 atom stereocenters. The van der Waals surface area contributed by atoms with E-state index in [0.29, 0.717) is 0 Å². The van der Waals surface area contributed by atoms with Crippen LogP contribution in [0.15, 0.2) is 18.2 Å². The van der Waals surface area contributed by atoms with Crippen LogP contribution in [-0.4, -0.2) is 17.6 Å². The van der Waals surface area contributed by atoms with Gasteiger partial charge in [-0.05, 0) is 32.9 Å². The normalized spacial score (nSPS) is 13.5. The maximum absolute atomic E-state index is 11.7. The summed E-state index contributed by atoms with van der Waals surface area (Å²) in [7, 11) is 0. The third-order valence-electron chi connectivity index (χ3n) is 2.45. The van der Waals surface area contributed by atoms with Gasteiger partial charge in [-0.3, -0.25) is 9.78 Å². The molecule has 17 heavy (non-hydrogen) atoms. The molecule has 0 saturated carbocycles. The van der Waals surface area contributed by atoms with E-state index in [0.717, 1.165) is 11.4 Å². The van der Waals surface area contributed by atoms with Crippen LogP contribution in [0.25, 0.3) is 0 Å². The van der Waals surface area contributed by atoms with E-state index in [1.165, 1.54) is 0 Å². The maximum atomic E-state index is 11.7. The van der Waals surface area contributed by atoms with E-state index in [1.807, 2.05) is 31.2 Å². The van der Waals surface area contributed by atoms with E-state index in [9.17, 15) is 4.79 Å². The van der Waals surface area contributed by atoms with Crippen LogP contribution in [0.4, 0.5) is 0 Å². The third kappa shape index (κ3) is 3.28. The lowest BCUT2D eigenvalue weighted by Crippen LogP contribution is -2.31. The Balaban J connectivity index is 2.90. The van der Waals surface area contributed by atoms with Crippen molar-refractivity contribution in [3.63, 3.8) is 0 Å². The number of hydrogen-bond acceptors (Lipinski definition) is 4. The minimum atomic E-state index is -1.17. The molecule has 0 saturated heterocycles. The van der Waals surface area contributed by atoms with E-state index in [-0.39, 0.29) is 13.0 Å². The summed E-state index contributed by atoms with van der Waals surface area (Å²) in [6.45, 7) is 5.45. The molecule has 0 N–H and O–H groups in total. The lowest BCUT2D eigenvalue weighted by Gasteiger charge is -2.18. The summed E-state index contributed by atoms with van der Waals surface area (Å²) in [6, 6.07) is 7.56. The number of ether oxygens (including phenoxy) is 1. The average Bonchev–Trinajstić information content (AvgIpc) is 2.29. The molecule has 0 aliphatic rings. The second-order valence-electron chi connectivity index (χ2n) is 4.11. The summed E-state index contributed by atoms with van der Waals surface area (Å²) in [5.74, 6) is -0.495. The van der Waals surface area contributed by atoms with E-state index in [2.05, 4.69) is 4.98 Å². The molecule has 4 nitrogen and oxygen atoms in total. The average molecular weight is 232 g/mol. The molecular formula is C13H16N2O2. The number of nitrogens with zero attached hydrogens (tertiary/aromatic N) is 2. The minimum absolute atomic E-state index is 0.268. The fourth-order valence-corrected chi connectivity index (χ4v) is 1.51. The molecule has 0 radical (unpaired) electrons.